The summed E-state index contributed by atoms with van der Waals surface area (Å²) >= 11 is 1.62. The minimum atomic E-state index is -0.0862. The average molecular weight is 211 g/mol. The van der Waals surface area contributed by atoms with Gasteiger partial charge in [-0.3, -0.25) is 4.79 Å². The van der Waals surface area contributed by atoms with Gasteiger partial charge in [0.2, 0.25) is 5.91 Å². The zero-order valence-corrected chi connectivity index (χ0v) is 9.02. The summed E-state index contributed by atoms with van der Waals surface area (Å²) < 4.78 is 0. The topological polar surface area (TPSA) is 54.0 Å². The Bertz CT molecular complexity index is 299. The number of likely N-dealkylation sites (N-methyl/N-ethyl adjacent to an activating group) is 1. The zero-order chi connectivity index (χ0) is 10.4. The lowest BCUT2D eigenvalue weighted by molar-refractivity contribution is -0.115. The first-order valence-electron chi connectivity index (χ1n) is 4.20. The minimum absolute atomic E-state index is 0.0862. The predicted octanol–water partition coefficient (Wildman–Crippen LogP) is 0.961. The molecule has 14 heavy (non-hydrogen) atoms. The summed E-state index contributed by atoms with van der Waals surface area (Å²) in [7, 11) is 1.73. The molecule has 5 heteroatoms. The van der Waals surface area contributed by atoms with E-state index in [4.69, 9.17) is 0 Å². The monoisotopic (exact) mass is 211 g/mol. The molecular weight excluding hydrogens is 198 g/mol. The Labute approximate surface area is 87.5 Å². The fourth-order valence-electron chi connectivity index (χ4n) is 0.923. The normalized spacial score (nSPS) is 9.86. The van der Waals surface area contributed by atoms with E-state index in [1.807, 2.05) is 12.3 Å². The molecule has 0 unspecified atom stereocenters. The quantitative estimate of drug-likeness (QED) is 0.728. The van der Waals surface area contributed by atoms with Gasteiger partial charge in [-0.2, -0.15) is 0 Å². The van der Waals surface area contributed by atoms with E-state index in [1.54, 1.807) is 31.1 Å². The molecule has 4 nitrogen and oxygen atoms in total. The first-order valence-corrected chi connectivity index (χ1v) is 5.43. The van der Waals surface area contributed by atoms with Crippen molar-refractivity contribution in [2.24, 2.45) is 0 Å². The number of pyridine rings is 1. The molecule has 1 heterocycles. The Hall–Kier alpha value is -1.07. The van der Waals surface area contributed by atoms with Gasteiger partial charge < -0.3 is 10.6 Å². The summed E-state index contributed by atoms with van der Waals surface area (Å²) in [5.41, 5.74) is 0. The third-order valence-corrected chi connectivity index (χ3v) is 2.29. The summed E-state index contributed by atoms with van der Waals surface area (Å²) in [5.74, 6) is 0.500. The van der Waals surface area contributed by atoms with Crippen LogP contribution in [-0.2, 0) is 4.79 Å². The first-order chi connectivity index (χ1) is 6.76. The lowest BCUT2D eigenvalue weighted by Crippen LogP contribution is -2.25. The largest absolute Gasteiger partial charge is 0.311 e. The second-order valence-corrected chi connectivity index (χ2v) is 3.54. The van der Waals surface area contributed by atoms with E-state index in [0.717, 1.165) is 4.90 Å². The Morgan fingerprint density at radius 1 is 1.57 bits per heavy atom. The highest BCUT2D eigenvalue weighted by Crippen LogP contribution is 2.14. The van der Waals surface area contributed by atoms with Gasteiger partial charge in [0.1, 0.15) is 5.82 Å². The SMILES string of the molecule is CNCC(=O)Nc1ccc(SC)cn1. The van der Waals surface area contributed by atoms with E-state index >= 15 is 0 Å². The van der Waals surface area contributed by atoms with Crippen LogP contribution in [0.4, 0.5) is 5.82 Å². The maximum Gasteiger partial charge on any atom is 0.239 e. The van der Waals surface area contributed by atoms with Crippen LogP contribution in [0.1, 0.15) is 0 Å². The molecule has 0 spiro atoms. The average Bonchev–Trinajstić information content (AvgIpc) is 2.19. The Kier molecular flexibility index (Phi) is 4.42. The van der Waals surface area contributed by atoms with Crippen molar-refractivity contribution in [3.63, 3.8) is 0 Å². The van der Waals surface area contributed by atoms with Crippen LogP contribution in [0.2, 0.25) is 0 Å². The molecular formula is C9H13N3OS. The number of hydrogen-bond donors (Lipinski definition) is 2. The predicted molar refractivity (Wildman–Crippen MR) is 58.6 cm³/mol. The molecule has 0 aliphatic rings. The maximum absolute atomic E-state index is 11.1. The van der Waals surface area contributed by atoms with Crippen LogP contribution in [0.5, 0.6) is 0 Å². The van der Waals surface area contributed by atoms with Gasteiger partial charge in [-0.25, -0.2) is 4.98 Å². The summed E-state index contributed by atoms with van der Waals surface area (Å²) in [4.78, 5) is 16.3. The van der Waals surface area contributed by atoms with Gasteiger partial charge in [-0.1, -0.05) is 0 Å². The number of amides is 1. The van der Waals surface area contributed by atoms with Gasteiger partial charge in [-0.05, 0) is 25.4 Å². The molecule has 1 aromatic heterocycles. The number of anilines is 1. The van der Waals surface area contributed by atoms with Crippen molar-refractivity contribution in [3.8, 4) is 0 Å². The van der Waals surface area contributed by atoms with Gasteiger partial charge in [0.25, 0.3) is 0 Å². The molecule has 2 N–H and O–H groups in total. The summed E-state index contributed by atoms with van der Waals surface area (Å²) in [6.07, 6.45) is 3.72. The fraction of sp³-hybridized carbons (Fsp3) is 0.333. The van der Waals surface area contributed by atoms with E-state index in [-0.39, 0.29) is 5.91 Å². The molecule has 0 saturated carbocycles. The Morgan fingerprint density at radius 2 is 2.36 bits per heavy atom. The third kappa shape index (κ3) is 3.35. The lowest BCUT2D eigenvalue weighted by Gasteiger charge is -2.03. The minimum Gasteiger partial charge on any atom is -0.311 e. The van der Waals surface area contributed by atoms with E-state index in [1.165, 1.54) is 0 Å². The number of rotatable bonds is 4. The smallest absolute Gasteiger partial charge is 0.239 e. The van der Waals surface area contributed by atoms with Gasteiger partial charge in [-0.15, -0.1) is 11.8 Å². The number of aromatic nitrogens is 1. The number of nitrogens with one attached hydrogen (secondary N) is 2. The van der Waals surface area contributed by atoms with Crippen molar-refractivity contribution < 1.29 is 4.79 Å². The second kappa shape index (κ2) is 5.62. The molecule has 76 valence electrons. The van der Waals surface area contributed by atoms with Gasteiger partial charge in [0, 0.05) is 11.1 Å². The number of carbonyl (C=O) groups excluding carboxylic acids is 1. The molecule has 1 amide bonds. The van der Waals surface area contributed by atoms with Crippen molar-refractivity contribution in [1.82, 2.24) is 10.3 Å². The Morgan fingerprint density at radius 3 is 2.86 bits per heavy atom. The molecule has 0 bridgehead atoms. The standard InChI is InChI=1S/C9H13N3OS/c1-10-6-9(13)12-8-4-3-7(14-2)5-11-8/h3-5,10H,6H2,1-2H3,(H,11,12,13). The van der Waals surface area contributed by atoms with Gasteiger partial charge >= 0.3 is 0 Å². The highest BCUT2D eigenvalue weighted by atomic mass is 32.2. The summed E-state index contributed by atoms with van der Waals surface area (Å²) in [6.45, 7) is 0.298. The molecule has 1 rings (SSSR count). The van der Waals surface area contributed by atoms with Crippen molar-refractivity contribution in [2.75, 3.05) is 25.2 Å². The van der Waals surface area contributed by atoms with E-state index < -0.39 is 0 Å². The van der Waals surface area contributed by atoms with Crippen molar-refractivity contribution >= 4 is 23.5 Å². The third-order valence-electron chi connectivity index (χ3n) is 1.58. The maximum atomic E-state index is 11.1. The molecule has 0 radical (unpaired) electrons. The highest BCUT2D eigenvalue weighted by Gasteiger charge is 2.00. The molecule has 0 fully saturated rings. The number of carbonyl (C=O) groups is 1. The Balaban J connectivity index is 2.55. The molecule has 0 aliphatic carbocycles. The van der Waals surface area contributed by atoms with Crippen LogP contribution in [0, 0.1) is 0 Å². The molecule has 1 aromatic rings. The van der Waals surface area contributed by atoms with Gasteiger partial charge in [0.05, 0.1) is 6.54 Å². The van der Waals surface area contributed by atoms with Crippen LogP contribution in [0.15, 0.2) is 23.2 Å². The highest BCUT2D eigenvalue weighted by molar-refractivity contribution is 7.98. The van der Waals surface area contributed by atoms with Crippen LogP contribution in [0.25, 0.3) is 0 Å². The first kappa shape index (κ1) is 11.0. The van der Waals surface area contributed by atoms with Crippen LogP contribution in [-0.4, -0.2) is 30.7 Å². The van der Waals surface area contributed by atoms with Crippen LogP contribution >= 0.6 is 11.8 Å². The van der Waals surface area contributed by atoms with Gasteiger partial charge in [0.15, 0.2) is 0 Å². The molecule has 0 atom stereocenters. The molecule has 0 aliphatic heterocycles. The summed E-state index contributed by atoms with van der Waals surface area (Å²) in [6, 6.07) is 3.71. The number of nitrogens with zero attached hydrogens (tertiary/aromatic N) is 1. The van der Waals surface area contributed by atoms with Crippen molar-refractivity contribution in [2.45, 2.75) is 4.90 Å². The summed E-state index contributed by atoms with van der Waals surface area (Å²) in [5, 5.41) is 5.44. The molecule has 0 aromatic carbocycles. The lowest BCUT2D eigenvalue weighted by atomic mass is 10.4. The van der Waals surface area contributed by atoms with E-state index in [0.29, 0.717) is 12.4 Å². The zero-order valence-electron chi connectivity index (χ0n) is 8.20. The second-order valence-electron chi connectivity index (χ2n) is 2.66. The van der Waals surface area contributed by atoms with Crippen molar-refractivity contribution in [1.29, 1.82) is 0 Å². The van der Waals surface area contributed by atoms with E-state index in [9.17, 15) is 4.79 Å². The molecule has 0 saturated heterocycles. The van der Waals surface area contributed by atoms with E-state index in [2.05, 4.69) is 15.6 Å². The fourth-order valence-corrected chi connectivity index (χ4v) is 1.28. The van der Waals surface area contributed by atoms with Crippen LogP contribution in [0.3, 0.4) is 0 Å². The van der Waals surface area contributed by atoms with Crippen molar-refractivity contribution in [3.05, 3.63) is 18.3 Å². The van der Waals surface area contributed by atoms with Crippen LogP contribution < -0.4 is 10.6 Å². The number of thioether (sulfide) groups is 1. The number of hydrogen-bond acceptors (Lipinski definition) is 4.